The molecule has 0 bridgehead atoms. The second-order valence-electron chi connectivity index (χ2n) is 6.07. The first kappa shape index (κ1) is 19.8. The Labute approximate surface area is 166 Å². The van der Waals surface area contributed by atoms with Crippen LogP contribution in [0, 0.1) is 17.0 Å². The van der Waals surface area contributed by atoms with E-state index < -0.39 is 4.92 Å². The van der Waals surface area contributed by atoms with E-state index in [1.807, 2.05) is 28.8 Å². The summed E-state index contributed by atoms with van der Waals surface area (Å²) in [5.41, 5.74) is 2.69. The van der Waals surface area contributed by atoms with Crippen molar-refractivity contribution in [2.45, 2.75) is 18.6 Å². The predicted molar refractivity (Wildman–Crippen MR) is 109 cm³/mol. The number of hydrogen-bond acceptors (Lipinski definition) is 6. The number of amides is 1. The first-order valence-electron chi connectivity index (χ1n) is 8.62. The molecule has 3 rings (SSSR count). The highest BCUT2D eigenvalue weighted by Crippen LogP contribution is 2.27. The number of thioether (sulfide) groups is 1. The Morgan fingerprint density at radius 1 is 1.29 bits per heavy atom. The molecule has 0 saturated heterocycles. The van der Waals surface area contributed by atoms with E-state index >= 15 is 0 Å². The van der Waals surface area contributed by atoms with Crippen molar-refractivity contribution in [2.75, 3.05) is 24.8 Å². The van der Waals surface area contributed by atoms with E-state index in [0.717, 1.165) is 16.2 Å². The van der Waals surface area contributed by atoms with Gasteiger partial charge in [-0.3, -0.25) is 14.9 Å². The Hall–Kier alpha value is -2.91. The van der Waals surface area contributed by atoms with Crippen LogP contribution in [-0.4, -0.2) is 39.9 Å². The van der Waals surface area contributed by atoms with Crippen LogP contribution in [0.1, 0.15) is 5.56 Å². The van der Waals surface area contributed by atoms with Gasteiger partial charge in [0.1, 0.15) is 0 Å². The van der Waals surface area contributed by atoms with Crippen LogP contribution in [-0.2, 0) is 16.1 Å². The van der Waals surface area contributed by atoms with Gasteiger partial charge in [0.15, 0.2) is 5.16 Å². The SMILES string of the molecule is COCCn1c(SCC(=O)Nc2cccc([N+](=O)[O-])c2C)nc2ccccc21. The highest BCUT2D eigenvalue weighted by atomic mass is 32.2. The van der Waals surface area contributed by atoms with Crippen LogP contribution >= 0.6 is 11.8 Å². The van der Waals surface area contributed by atoms with Crippen LogP contribution in [0.2, 0.25) is 0 Å². The summed E-state index contributed by atoms with van der Waals surface area (Å²) < 4.78 is 7.20. The van der Waals surface area contributed by atoms with Gasteiger partial charge >= 0.3 is 0 Å². The Morgan fingerprint density at radius 2 is 2.07 bits per heavy atom. The van der Waals surface area contributed by atoms with Crippen molar-refractivity contribution in [1.29, 1.82) is 0 Å². The summed E-state index contributed by atoms with van der Waals surface area (Å²) in [5.74, 6) is -0.114. The molecule has 1 heterocycles. The molecule has 2 aromatic carbocycles. The topological polar surface area (TPSA) is 99.3 Å². The fraction of sp³-hybridized carbons (Fsp3) is 0.263. The lowest BCUT2D eigenvalue weighted by atomic mass is 10.1. The largest absolute Gasteiger partial charge is 0.383 e. The third-order valence-electron chi connectivity index (χ3n) is 4.25. The minimum absolute atomic E-state index is 0.0215. The molecular weight excluding hydrogens is 380 g/mol. The molecule has 1 N–H and O–H groups in total. The first-order chi connectivity index (χ1) is 13.5. The molecule has 0 spiro atoms. The van der Waals surface area contributed by atoms with Gasteiger partial charge in [-0.15, -0.1) is 0 Å². The minimum Gasteiger partial charge on any atom is -0.383 e. The van der Waals surface area contributed by atoms with Crippen LogP contribution in [0.3, 0.4) is 0 Å². The van der Waals surface area contributed by atoms with E-state index in [2.05, 4.69) is 10.3 Å². The summed E-state index contributed by atoms with van der Waals surface area (Å²) in [7, 11) is 1.64. The number of ether oxygens (including phenoxy) is 1. The number of aromatic nitrogens is 2. The molecule has 0 aliphatic rings. The summed E-state index contributed by atoms with van der Waals surface area (Å²) in [6.07, 6.45) is 0. The monoisotopic (exact) mass is 400 g/mol. The van der Waals surface area contributed by atoms with Crippen molar-refractivity contribution in [3.8, 4) is 0 Å². The van der Waals surface area contributed by atoms with Gasteiger partial charge in [0.2, 0.25) is 5.91 Å². The van der Waals surface area contributed by atoms with Gasteiger partial charge in [-0.2, -0.15) is 0 Å². The number of nitrogens with one attached hydrogen (secondary N) is 1. The molecule has 0 unspecified atom stereocenters. The molecule has 9 heteroatoms. The molecule has 1 aromatic heterocycles. The highest BCUT2D eigenvalue weighted by Gasteiger charge is 2.16. The number of carbonyl (C=O) groups excluding carboxylic acids is 1. The number of anilines is 1. The first-order valence-corrected chi connectivity index (χ1v) is 9.60. The molecule has 8 nitrogen and oxygen atoms in total. The van der Waals surface area contributed by atoms with Crippen LogP contribution in [0.15, 0.2) is 47.6 Å². The summed E-state index contributed by atoms with van der Waals surface area (Å²) >= 11 is 1.32. The second-order valence-corrected chi connectivity index (χ2v) is 7.01. The number of imidazole rings is 1. The molecule has 146 valence electrons. The number of fused-ring (bicyclic) bond motifs is 1. The normalized spacial score (nSPS) is 10.9. The van der Waals surface area contributed by atoms with Crippen molar-refractivity contribution in [1.82, 2.24) is 9.55 Å². The van der Waals surface area contributed by atoms with E-state index in [-0.39, 0.29) is 17.3 Å². The van der Waals surface area contributed by atoms with Crippen LogP contribution in [0.4, 0.5) is 11.4 Å². The van der Waals surface area contributed by atoms with Gasteiger partial charge < -0.3 is 14.6 Å². The number of nitro groups is 1. The molecule has 3 aromatic rings. The Bertz CT molecular complexity index is 1020. The summed E-state index contributed by atoms with van der Waals surface area (Å²) in [6.45, 7) is 2.78. The van der Waals surface area contributed by atoms with E-state index in [1.54, 1.807) is 26.2 Å². The molecule has 28 heavy (non-hydrogen) atoms. The zero-order chi connectivity index (χ0) is 20.1. The summed E-state index contributed by atoms with van der Waals surface area (Å²) in [6, 6.07) is 12.4. The van der Waals surface area contributed by atoms with Gasteiger partial charge in [0, 0.05) is 19.7 Å². The number of rotatable bonds is 8. The minimum atomic E-state index is -0.460. The quantitative estimate of drug-likeness (QED) is 0.352. The molecular formula is C19H20N4O4S. The standard InChI is InChI=1S/C19H20N4O4S/c1-13-14(7-5-9-16(13)23(25)26)20-18(24)12-28-19-21-15-6-3-4-8-17(15)22(19)10-11-27-2/h3-9H,10-12H2,1-2H3,(H,20,24). The fourth-order valence-electron chi connectivity index (χ4n) is 2.84. The van der Waals surface area contributed by atoms with Gasteiger partial charge in [-0.1, -0.05) is 30.0 Å². The summed E-state index contributed by atoms with van der Waals surface area (Å²) in [4.78, 5) is 27.6. The molecule has 0 saturated carbocycles. The van der Waals surface area contributed by atoms with Crippen molar-refractivity contribution in [2.24, 2.45) is 0 Å². The average molecular weight is 400 g/mol. The smallest absolute Gasteiger partial charge is 0.274 e. The number of benzene rings is 2. The van der Waals surface area contributed by atoms with Crippen LogP contribution in [0.5, 0.6) is 0 Å². The lowest BCUT2D eigenvalue weighted by Crippen LogP contribution is -2.16. The fourth-order valence-corrected chi connectivity index (χ4v) is 3.68. The number of methoxy groups -OCH3 is 1. The average Bonchev–Trinajstić information content (AvgIpc) is 3.03. The molecule has 0 aliphatic heterocycles. The highest BCUT2D eigenvalue weighted by molar-refractivity contribution is 7.99. The molecule has 0 atom stereocenters. The van der Waals surface area contributed by atoms with E-state index in [9.17, 15) is 14.9 Å². The number of nitrogens with zero attached hydrogens (tertiary/aromatic N) is 3. The third kappa shape index (κ3) is 4.32. The predicted octanol–water partition coefficient (Wildman–Crippen LogP) is 3.63. The third-order valence-corrected chi connectivity index (χ3v) is 5.22. The maximum atomic E-state index is 12.4. The maximum Gasteiger partial charge on any atom is 0.274 e. The van der Waals surface area contributed by atoms with Crippen molar-refractivity contribution in [3.63, 3.8) is 0 Å². The number of carbonyl (C=O) groups is 1. The van der Waals surface area contributed by atoms with Crippen molar-refractivity contribution < 1.29 is 14.5 Å². The number of para-hydroxylation sites is 2. The van der Waals surface area contributed by atoms with Gasteiger partial charge in [-0.25, -0.2) is 4.98 Å². The van der Waals surface area contributed by atoms with Gasteiger partial charge in [-0.05, 0) is 25.1 Å². The van der Waals surface area contributed by atoms with E-state index in [1.165, 1.54) is 17.8 Å². The summed E-state index contributed by atoms with van der Waals surface area (Å²) in [5, 5.41) is 14.5. The zero-order valence-corrected chi connectivity index (χ0v) is 16.4. The van der Waals surface area contributed by atoms with E-state index in [0.29, 0.717) is 24.4 Å². The van der Waals surface area contributed by atoms with Gasteiger partial charge in [0.05, 0.1) is 39.6 Å². The molecule has 0 aliphatic carbocycles. The molecule has 0 radical (unpaired) electrons. The van der Waals surface area contributed by atoms with Crippen LogP contribution in [0.25, 0.3) is 11.0 Å². The second kappa shape index (κ2) is 8.85. The lowest BCUT2D eigenvalue weighted by molar-refractivity contribution is -0.385. The Morgan fingerprint density at radius 3 is 2.82 bits per heavy atom. The van der Waals surface area contributed by atoms with Crippen LogP contribution < -0.4 is 5.32 Å². The van der Waals surface area contributed by atoms with Crippen molar-refractivity contribution >= 4 is 40.1 Å². The van der Waals surface area contributed by atoms with E-state index in [4.69, 9.17) is 4.74 Å². The zero-order valence-electron chi connectivity index (χ0n) is 15.5. The lowest BCUT2D eigenvalue weighted by Gasteiger charge is -2.10. The Kier molecular flexibility index (Phi) is 6.27. The molecule has 0 fully saturated rings. The van der Waals surface area contributed by atoms with Crippen molar-refractivity contribution in [3.05, 3.63) is 58.1 Å². The maximum absolute atomic E-state index is 12.4. The van der Waals surface area contributed by atoms with Gasteiger partial charge in [0.25, 0.3) is 5.69 Å². The number of nitro benzene ring substituents is 1. The number of hydrogen-bond donors (Lipinski definition) is 1. The Balaban J connectivity index is 1.73. The molecule has 1 amide bonds.